The average Bonchev–Trinajstić information content (AvgIpc) is 3.59. The highest BCUT2D eigenvalue weighted by Gasteiger charge is 2.18. The second kappa shape index (κ2) is 11.9. The van der Waals surface area contributed by atoms with Crippen LogP contribution in [0.2, 0.25) is 0 Å². The van der Waals surface area contributed by atoms with Gasteiger partial charge >= 0.3 is 0 Å². The molecule has 204 valence electrons. The van der Waals surface area contributed by atoms with Gasteiger partial charge in [-0.25, -0.2) is 9.97 Å². The van der Waals surface area contributed by atoms with E-state index < -0.39 is 0 Å². The standard InChI is InChI=1S/C28H24BrN5O4S2/c1-36-21-12-19(13-22(37-2)23(21)38-3)32-28-34-25(30)24(40-28)27-33-20(14-39-27)15-6-5-9-18(11-15)31-26(35)16-7-4-8-17(29)10-16/h4-14H,30H2,1-3H3,(H,31,35)(H,32,34). The van der Waals surface area contributed by atoms with Gasteiger partial charge < -0.3 is 30.6 Å². The molecule has 0 fully saturated rings. The molecule has 12 heteroatoms. The third-order valence-electron chi connectivity index (χ3n) is 5.77. The number of carbonyl (C=O) groups is 1. The van der Waals surface area contributed by atoms with Crippen LogP contribution in [0.15, 0.2) is 70.5 Å². The second-order valence-corrected chi connectivity index (χ2v) is 11.1. The molecule has 0 radical (unpaired) electrons. The molecule has 0 unspecified atom stereocenters. The van der Waals surface area contributed by atoms with Crippen molar-refractivity contribution in [2.75, 3.05) is 37.7 Å². The summed E-state index contributed by atoms with van der Waals surface area (Å²) in [6, 6.07) is 18.4. The molecule has 0 spiro atoms. The van der Waals surface area contributed by atoms with Gasteiger partial charge in [-0.3, -0.25) is 4.79 Å². The normalized spacial score (nSPS) is 10.7. The van der Waals surface area contributed by atoms with Crippen molar-refractivity contribution in [3.8, 4) is 38.4 Å². The zero-order chi connectivity index (χ0) is 28.2. The molecule has 0 bridgehead atoms. The van der Waals surface area contributed by atoms with Crippen LogP contribution in [-0.2, 0) is 0 Å². The average molecular weight is 639 g/mol. The highest BCUT2D eigenvalue weighted by Crippen LogP contribution is 2.43. The number of anilines is 4. The van der Waals surface area contributed by atoms with Crippen LogP contribution in [-0.4, -0.2) is 37.2 Å². The molecule has 9 nitrogen and oxygen atoms in total. The Hall–Kier alpha value is -4.13. The van der Waals surface area contributed by atoms with E-state index in [-0.39, 0.29) is 5.91 Å². The van der Waals surface area contributed by atoms with Gasteiger partial charge in [-0.1, -0.05) is 45.5 Å². The number of amides is 1. The van der Waals surface area contributed by atoms with E-state index in [2.05, 4.69) is 31.5 Å². The maximum absolute atomic E-state index is 12.7. The molecule has 4 N–H and O–H groups in total. The number of aromatic nitrogens is 2. The van der Waals surface area contributed by atoms with Crippen LogP contribution >= 0.6 is 38.6 Å². The summed E-state index contributed by atoms with van der Waals surface area (Å²) in [5.41, 5.74) is 9.86. The Morgan fingerprint density at radius 1 is 0.925 bits per heavy atom. The minimum absolute atomic E-state index is 0.193. The van der Waals surface area contributed by atoms with Crippen LogP contribution in [0.5, 0.6) is 17.2 Å². The molecule has 0 saturated carbocycles. The molecule has 0 aliphatic carbocycles. The van der Waals surface area contributed by atoms with Gasteiger partial charge in [-0.15, -0.1) is 11.3 Å². The third kappa shape index (κ3) is 5.88. The Kier molecular flexibility index (Phi) is 8.19. The molecule has 0 aliphatic heterocycles. The minimum Gasteiger partial charge on any atom is -0.493 e. The van der Waals surface area contributed by atoms with Crippen LogP contribution < -0.4 is 30.6 Å². The van der Waals surface area contributed by atoms with Crippen LogP contribution in [0.1, 0.15) is 10.4 Å². The summed E-state index contributed by atoms with van der Waals surface area (Å²) in [6.45, 7) is 0. The van der Waals surface area contributed by atoms with E-state index in [1.165, 1.54) is 22.7 Å². The number of thiazole rings is 2. The molecule has 0 aliphatic rings. The Labute approximate surface area is 247 Å². The van der Waals surface area contributed by atoms with E-state index in [1.807, 2.05) is 41.8 Å². The lowest BCUT2D eigenvalue weighted by Crippen LogP contribution is -2.11. The maximum Gasteiger partial charge on any atom is 0.255 e. The predicted molar refractivity (Wildman–Crippen MR) is 165 cm³/mol. The van der Waals surface area contributed by atoms with E-state index in [9.17, 15) is 4.79 Å². The van der Waals surface area contributed by atoms with Crippen molar-refractivity contribution in [3.63, 3.8) is 0 Å². The van der Waals surface area contributed by atoms with Crippen LogP contribution in [0.4, 0.5) is 22.3 Å². The SMILES string of the molecule is COc1cc(Nc2nc(N)c(-c3nc(-c4cccc(NC(=O)c5cccc(Br)c5)c4)cs3)s2)cc(OC)c1OC. The van der Waals surface area contributed by atoms with Gasteiger partial charge in [-0.05, 0) is 30.3 Å². The Morgan fingerprint density at radius 2 is 1.68 bits per heavy atom. The minimum atomic E-state index is -0.193. The summed E-state index contributed by atoms with van der Waals surface area (Å²) in [5.74, 6) is 1.72. The van der Waals surface area contributed by atoms with Gasteiger partial charge in [0.15, 0.2) is 16.6 Å². The van der Waals surface area contributed by atoms with Gasteiger partial charge in [-0.2, -0.15) is 0 Å². The number of carbonyl (C=O) groups excluding carboxylic acids is 1. The van der Waals surface area contributed by atoms with Gasteiger partial charge in [0.2, 0.25) is 5.75 Å². The molecule has 5 aromatic rings. The topological polar surface area (TPSA) is 121 Å². The monoisotopic (exact) mass is 637 g/mol. The van der Waals surface area contributed by atoms with Crippen LogP contribution in [0.3, 0.4) is 0 Å². The van der Waals surface area contributed by atoms with E-state index >= 15 is 0 Å². The zero-order valence-electron chi connectivity index (χ0n) is 21.7. The number of hydrogen-bond donors (Lipinski definition) is 3. The molecule has 0 atom stereocenters. The number of nitrogens with two attached hydrogens (primary N) is 1. The van der Waals surface area contributed by atoms with Crippen molar-refractivity contribution in [2.45, 2.75) is 0 Å². The molecule has 1 amide bonds. The summed E-state index contributed by atoms with van der Waals surface area (Å²) in [5, 5.41) is 9.50. The van der Waals surface area contributed by atoms with E-state index in [0.717, 1.165) is 25.6 Å². The second-order valence-electron chi connectivity index (χ2n) is 8.36. The molecule has 40 heavy (non-hydrogen) atoms. The number of ether oxygens (including phenoxy) is 3. The highest BCUT2D eigenvalue weighted by molar-refractivity contribution is 9.10. The smallest absolute Gasteiger partial charge is 0.255 e. The van der Waals surface area contributed by atoms with Crippen molar-refractivity contribution < 1.29 is 19.0 Å². The first-order valence-corrected chi connectivity index (χ1v) is 14.3. The number of nitrogen functional groups attached to an aromatic ring is 1. The Balaban J connectivity index is 1.35. The molecule has 2 aromatic heterocycles. The van der Waals surface area contributed by atoms with Gasteiger partial charge in [0.1, 0.15) is 15.7 Å². The summed E-state index contributed by atoms with van der Waals surface area (Å²) in [6.07, 6.45) is 0. The van der Waals surface area contributed by atoms with Crippen molar-refractivity contribution in [1.29, 1.82) is 0 Å². The first kappa shape index (κ1) is 27.4. The van der Waals surface area contributed by atoms with Crippen LogP contribution in [0, 0.1) is 0 Å². The lowest BCUT2D eigenvalue weighted by Gasteiger charge is -2.14. The Morgan fingerprint density at radius 3 is 2.38 bits per heavy atom. The number of methoxy groups -OCH3 is 3. The fourth-order valence-electron chi connectivity index (χ4n) is 3.92. The lowest BCUT2D eigenvalue weighted by molar-refractivity contribution is 0.102. The summed E-state index contributed by atoms with van der Waals surface area (Å²) in [4.78, 5) is 22.7. The fourth-order valence-corrected chi connectivity index (χ4v) is 6.15. The van der Waals surface area contributed by atoms with Gasteiger partial charge in [0, 0.05) is 44.5 Å². The number of nitrogens with zero attached hydrogens (tertiary/aromatic N) is 2. The number of benzene rings is 3. The molecule has 0 saturated heterocycles. The Bertz CT molecular complexity index is 1660. The van der Waals surface area contributed by atoms with Crippen molar-refractivity contribution in [2.24, 2.45) is 0 Å². The van der Waals surface area contributed by atoms with Gasteiger partial charge in [0.05, 0.1) is 27.0 Å². The number of halogens is 1. The number of hydrogen-bond acceptors (Lipinski definition) is 10. The van der Waals surface area contributed by atoms with E-state index in [0.29, 0.717) is 45.1 Å². The summed E-state index contributed by atoms with van der Waals surface area (Å²) >= 11 is 6.26. The van der Waals surface area contributed by atoms with Crippen LogP contribution in [0.25, 0.3) is 21.1 Å². The quantitative estimate of drug-likeness (QED) is 0.154. The molecular formula is C28H24BrN5O4S2. The molecule has 2 heterocycles. The fraction of sp³-hybridized carbons (Fsp3) is 0.107. The maximum atomic E-state index is 12.7. The summed E-state index contributed by atoms with van der Waals surface area (Å²) < 4.78 is 17.1. The van der Waals surface area contributed by atoms with E-state index in [4.69, 9.17) is 24.9 Å². The molecular weight excluding hydrogens is 614 g/mol. The van der Waals surface area contributed by atoms with Crippen molar-refractivity contribution in [3.05, 3.63) is 76.1 Å². The van der Waals surface area contributed by atoms with Crippen molar-refractivity contribution >= 4 is 66.8 Å². The largest absolute Gasteiger partial charge is 0.493 e. The number of nitrogens with one attached hydrogen (secondary N) is 2. The first-order valence-electron chi connectivity index (χ1n) is 11.8. The molecule has 5 rings (SSSR count). The number of rotatable bonds is 9. The third-order valence-corrected chi connectivity index (χ3v) is 8.25. The van der Waals surface area contributed by atoms with E-state index in [1.54, 1.807) is 45.6 Å². The van der Waals surface area contributed by atoms with Gasteiger partial charge in [0.25, 0.3) is 5.91 Å². The zero-order valence-corrected chi connectivity index (χ0v) is 24.9. The van der Waals surface area contributed by atoms with Crippen molar-refractivity contribution in [1.82, 2.24) is 9.97 Å². The molecule has 3 aromatic carbocycles. The first-order chi connectivity index (χ1) is 19.4. The summed E-state index contributed by atoms with van der Waals surface area (Å²) in [7, 11) is 4.68. The highest BCUT2D eigenvalue weighted by atomic mass is 79.9. The lowest BCUT2D eigenvalue weighted by atomic mass is 10.1. The predicted octanol–water partition coefficient (Wildman–Crippen LogP) is 7.30.